The first-order valence-electron chi connectivity index (χ1n) is 10.5. The van der Waals surface area contributed by atoms with Crippen LogP contribution in [0.3, 0.4) is 0 Å². The number of hydrogen-bond donors (Lipinski definition) is 2. The van der Waals surface area contributed by atoms with E-state index in [1.807, 2.05) is 0 Å². The van der Waals surface area contributed by atoms with Gasteiger partial charge in [0.1, 0.15) is 5.78 Å². The Morgan fingerprint density at radius 3 is 2.44 bits per heavy atom. The molecule has 2 saturated carbocycles. The molecule has 2 aliphatic carbocycles. The summed E-state index contributed by atoms with van der Waals surface area (Å²) in [6.45, 7) is 0. The lowest BCUT2D eigenvalue weighted by Gasteiger charge is -2.28. The number of rotatable bonds is 11. The third kappa shape index (κ3) is 7.08. The van der Waals surface area contributed by atoms with Crippen LogP contribution in [0.1, 0.15) is 96.3 Å². The van der Waals surface area contributed by atoms with Gasteiger partial charge in [0.25, 0.3) is 0 Å². The predicted molar refractivity (Wildman–Crippen MR) is 98.4 cm³/mol. The van der Waals surface area contributed by atoms with Gasteiger partial charge in [-0.25, -0.2) is 0 Å². The number of aliphatic hydroxyl groups excluding tert-OH is 1. The SMILES string of the molecule is O=C(O)CCCCCC[C@H]1C(=O)CC[C@@H]1CCC(O)C1CCCCC1. The molecule has 0 aliphatic heterocycles. The minimum Gasteiger partial charge on any atom is -0.481 e. The van der Waals surface area contributed by atoms with Crippen molar-refractivity contribution in [3.8, 4) is 0 Å². The minimum absolute atomic E-state index is 0.173. The summed E-state index contributed by atoms with van der Waals surface area (Å²) in [6.07, 6.45) is 14.5. The molecular weight excluding hydrogens is 316 g/mol. The van der Waals surface area contributed by atoms with Gasteiger partial charge in [-0.1, -0.05) is 38.5 Å². The zero-order valence-electron chi connectivity index (χ0n) is 15.6. The fourth-order valence-corrected chi connectivity index (χ4v) is 4.85. The summed E-state index contributed by atoms with van der Waals surface area (Å²) in [6, 6.07) is 0. The van der Waals surface area contributed by atoms with E-state index in [1.165, 1.54) is 32.1 Å². The lowest BCUT2D eigenvalue weighted by Crippen LogP contribution is -2.24. The summed E-state index contributed by atoms with van der Waals surface area (Å²) in [5, 5.41) is 19.1. The number of unbranched alkanes of at least 4 members (excludes halogenated alkanes) is 3. The summed E-state index contributed by atoms with van der Waals surface area (Å²) in [7, 11) is 0. The average Bonchev–Trinajstić information content (AvgIpc) is 2.96. The molecule has 4 nitrogen and oxygen atoms in total. The van der Waals surface area contributed by atoms with Crippen LogP contribution in [0.4, 0.5) is 0 Å². The Morgan fingerprint density at radius 2 is 1.72 bits per heavy atom. The highest BCUT2D eigenvalue weighted by atomic mass is 16.4. The first kappa shape index (κ1) is 20.4. The van der Waals surface area contributed by atoms with Gasteiger partial charge in [-0.2, -0.15) is 0 Å². The van der Waals surface area contributed by atoms with E-state index in [4.69, 9.17) is 5.11 Å². The molecule has 4 heteroatoms. The highest BCUT2D eigenvalue weighted by Gasteiger charge is 2.34. The molecule has 2 rings (SSSR count). The van der Waals surface area contributed by atoms with Crippen molar-refractivity contribution in [2.24, 2.45) is 17.8 Å². The maximum absolute atomic E-state index is 12.2. The van der Waals surface area contributed by atoms with Gasteiger partial charge >= 0.3 is 5.97 Å². The molecule has 144 valence electrons. The van der Waals surface area contributed by atoms with Gasteiger partial charge < -0.3 is 10.2 Å². The van der Waals surface area contributed by atoms with E-state index in [0.29, 0.717) is 24.0 Å². The molecule has 0 spiro atoms. The van der Waals surface area contributed by atoms with E-state index in [-0.39, 0.29) is 18.4 Å². The van der Waals surface area contributed by atoms with E-state index < -0.39 is 5.97 Å². The van der Waals surface area contributed by atoms with Gasteiger partial charge in [0.15, 0.2) is 0 Å². The number of ketones is 1. The number of carboxylic acids is 1. The highest BCUT2D eigenvalue weighted by Crippen LogP contribution is 2.37. The minimum atomic E-state index is -0.720. The quantitative estimate of drug-likeness (QED) is 0.527. The second kappa shape index (κ2) is 10.9. The van der Waals surface area contributed by atoms with Crippen LogP contribution >= 0.6 is 0 Å². The van der Waals surface area contributed by atoms with E-state index in [9.17, 15) is 14.7 Å². The van der Waals surface area contributed by atoms with Crippen molar-refractivity contribution < 1.29 is 19.8 Å². The number of aliphatic hydroxyl groups is 1. The number of carboxylic acid groups (broad SMARTS) is 1. The van der Waals surface area contributed by atoms with Crippen LogP contribution < -0.4 is 0 Å². The van der Waals surface area contributed by atoms with Crippen molar-refractivity contribution in [2.45, 2.75) is 102 Å². The van der Waals surface area contributed by atoms with Crippen molar-refractivity contribution in [1.82, 2.24) is 0 Å². The predicted octanol–water partition coefficient (Wildman–Crippen LogP) is 4.73. The van der Waals surface area contributed by atoms with E-state index >= 15 is 0 Å². The molecule has 2 fully saturated rings. The largest absolute Gasteiger partial charge is 0.481 e. The van der Waals surface area contributed by atoms with Gasteiger partial charge in [0, 0.05) is 18.8 Å². The summed E-state index contributed by atoms with van der Waals surface area (Å²) in [5.74, 6) is 0.839. The molecule has 2 N–H and O–H groups in total. The molecular formula is C21H36O4. The van der Waals surface area contributed by atoms with E-state index in [2.05, 4.69) is 0 Å². The molecule has 0 aromatic carbocycles. The molecule has 0 amide bonds. The maximum atomic E-state index is 12.2. The molecule has 0 heterocycles. The van der Waals surface area contributed by atoms with Crippen LogP contribution in [0.2, 0.25) is 0 Å². The average molecular weight is 353 g/mol. The summed E-state index contributed by atoms with van der Waals surface area (Å²) < 4.78 is 0. The summed E-state index contributed by atoms with van der Waals surface area (Å²) in [5.41, 5.74) is 0. The number of carbonyl (C=O) groups is 2. The Kier molecular flexibility index (Phi) is 8.94. The van der Waals surface area contributed by atoms with Crippen molar-refractivity contribution in [3.63, 3.8) is 0 Å². The van der Waals surface area contributed by atoms with Gasteiger partial charge in [0.05, 0.1) is 6.10 Å². The molecule has 0 saturated heterocycles. The normalized spacial score (nSPS) is 26.0. The van der Waals surface area contributed by atoms with E-state index in [1.54, 1.807) is 0 Å². The van der Waals surface area contributed by atoms with Crippen LogP contribution in [0, 0.1) is 17.8 Å². The highest BCUT2D eigenvalue weighted by molar-refractivity contribution is 5.83. The summed E-state index contributed by atoms with van der Waals surface area (Å²) in [4.78, 5) is 22.7. The first-order valence-corrected chi connectivity index (χ1v) is 10.5. The van der Waals surface area contributed by atoms with Crippen molar-refractivity contribution in [2.75, 3.05) is 0 Å². The smallest absolute Gasteiger partial charge is 0.303 e. The molecule has 2 aliphatic rings. The molecule has 25 heavy (non-hydrogen) atoms. The Bertz CT molecular complexity index is 414. The lowest BCUT2D eigenvalue weighted by atomic mass is 9.81. The molecule has 3 atom stereocenters. The zero-order valence-corrected chi connectivity index (χ0v) is 15.6. The molecule has 0 bridgehead atoms. The lowest BCUT2D eigenvalue weighted by molar-refractivity contribution is -0.137. The third-order valence-electron chi connectivity index (χ3n) is 6.43. The van der Waals surface area contributed by atoms with Crippen LogP contribution in [0.25, 0.3) is 0 Å². The first-order chi connectivity index (χ1) is 12.1. The van der Waals surface area contributed by atoms with Crippen LogP contribution in [0.5, 0.6) is 0 Å². The monoisotopic (exact) mass is 352 g/mol. The Balaban J connectivity index is 1.65. The Hall–Kier alpha value is -0.900. The second-order valence-corrected chi connectivity index (χ2v) is 8.26. The molecule has 0 aromatic rings. The fraction of sp³-hybridized carbons (Fsp3) is 0.905. The Morgan fingerprint density at radius 1 is 1.00 bits per heavy atom. The number of aliphatic carboxylic acids is 1. The van der Waals surface area contributed by atoms with Crippen LogP contribution in [-0.4, -0.2) is 28.1 Å². The van der Waals surface area contributed by atoms with Gasteiger partial charge in [-0.15, -0.1) is 0 Å². The fourth-order valence-electron chi connectivity index (χ4n) is 4.85. The molecule has 0 aromatic heterocycles. The van der Waals surface area contributed by atoms with Crippen LogP contribution in [0.15, 0.2) is 0 Å². The standard InChI is InChI=1S/C21H36O4/c22-19(17-8-4-3-5-9-17)14-12-16-13-15-20(23)18(16)10-6-1-2-7-11-21(24)25/h16-19,22H,1-15H2,(H,24,25)/t16-,18+,19?/m0/s1. The maximum Gasteiger partial charge on any atom is 0.303 e. The molecule has 1 unspecified atom stereocenters. The topological polar surface area (TPSA) is 74.6 Å². The number of hydrogen-bond acceptors (Lipinski definition) is 3. The van der Waals surface area contributed by atoms with Gasteiger partial charge in [-0.3, -0.25) is 9.59 Å². The van der Waals surface area contributed by atoms with Crippen molar-refractivity contribution >= 4 is 11.8 Å². The second-order valence-electron chi connectivity index (χ2n) is 8.26. The molecule has 0 radical (unpaired) electrons. The van der Waals surface area contributed by atoms with Gasteiger partial charge in [0.2, 0.25) is 0 Å². The van der Waals surface area contributed by atoms with E-state index in [0.717, 1.165) is 51.4 Å². The number of carbonyl (C=O) groups excluding carboxylic acids is 1. The van der Waals surface area contributed by atoms with Gasteiger partial charge in [-0.05, 0) is 56.8 Å². The van der Waals surface area contributed by atoms with Crippen LogP contribution in [-0.2, 0) is 9.59 Å². The van der Waals surface area contributed by atoms with Crippen molar-refractivity contribution in [1.29, 1.82) is 0 Å². The zero-order chi connectivity index (χ0) is 18.1. The third-order valence-corrected chi connectivity index (χ3v) is 6.43. The Labute approximate surface area is 152 Å². The summed E-state index contributed by atoms with van der Waals surface area (Å²) >= 11 is 0. The number of Topliss-reactive ketones (excluding diaryl/α,β-unsaturated/α-hetero) is 1. The van der Waals surface area contributed by atoms with Crippen molar-refractivity contribution in [3.05, 3.63) is 0 Å².